The summed E-state index contributed by atoms with van der Waals surface area (Å²) in [5.41, 5.74) is 0.800. The van der Waals surface area contributed by atoms with Crippen LogP contribution in [0.5, 0.6) is 0 Å². The van der Waals surface area contributed by atoms with Crippen molar-refractivity contribution in [2.75, 3.05) is 0 Å². The van der Waals surface area contributed by atoms with Crippen LogP contribution in [0.3, 0.4) is 0 Å². The van der Waals surface area contributed by atoms with Gasteiger partial charge in [0.15, 0.2) is 5.78 Å². The smallest absolute Gasteiger partial charge is 0.185 e. The molecule has 0 N–H and O–H groups in total. The number of fused-ring (bicyclic) bond motifs is 2. The summed E-state index contributed by atoms with van der Waals surface area (Å²) in [5, 5.41) is 4.31. The average molecular weight is 311 g/mol. The zero-order valence-electron chi connectivity index (χ0n) is 10.7. The Labute approximate surface area is 116 Å². The van der Waals surface area contributed by atoms with E-state index < -0.39 is 0 Å². The highest BCUT2D eigenvalue weighted by Crippen LogP contribution is 2.49. The van der Waals surface area contributed by atoms with E-state index in [9.17, 15) is 4.79 Å². The fourth-order valence-electron chi connectivity index (χ4n) is 3.73. The zero-order valence-corrected chi connectivity index (χ0v) is 12.3. The number of nitrogens with zero attached hydrogens (tertiary/aromatic N) is 2. The molecule has 3 rings (SSSR count). The summed E-state index contributed by atoms with van der Waals surface area (Å²) in [5.74, 6) is 2.03. The molecule has 2 fully saturated rings. The minimum Gasteiger partial charge on any atom is -0.292 e. The molecule has 1 aromatic rings. The number of aromatic nitrogens is 2. The van der Waals surface area contributed by atoms with Gasteiger partial charge in [-0.05, 0) is 53.4 Å². The van der Waals surface area contributed by atoms with Crippen LogP contribution in [0.1, 0.15) is 49.5 Å². The van der Waals surface area contributed by atoms with Gasteiger partial charge in [-0.3, -0.25) is 9.48 Å². The fraction of sp³-hybridized carbons (Fsp3) is 0.714. The predicted octanol–water partition coefficient (Wildman–Crippen LogP) is 3.67. The second-order valence-electron chi connectivity index (χ2n) is 5.71. The molecule has 2 aliphatic carbocycles. The van der Waals surface area contributed by atoms with E-state index in [1.54, 1.807) is 6.20 Å². The highest BCUT2D eigenvalue weighted by molar-refractivity contribution is 9.10. The van der Waals surface area contributed by atoms with Gasteiger partial charge in [-0.2, -0.15) is 5.10 Å². The van der Waals surface area contributed by atoms with Crippen molar-refractivity contribution in [3.8, 4) is 0 Å². The van der Waals surface area contributed by atoms with Crippen molar-refractivity contribution in [1.82, 2.24) is 9.78 Å². The average Bonchev–Trinajstić information content (AvgIpc) is 3.04. The van der Waals surface area contributed by atoms with Gasteiger partial charge in [-0.25, -0.2) is 0 Å². The molecule has 98 valence electrons. The summed E-state index contributed by atoms with van der Waals surface area (Å²) < 4.78 is 2.74. The largest absolute Gasteiger partial charge is 0.292 e. The molecule has 1 heterocycles. The Balaban J connectivity index is 1.86. The molecule has 4 heteroatoms. The number of aryl methyl sites for hydroxylation is 1. The fourth-order valence-corrected chi connectivity index (χ4v) is 4.22. The summed E-state index contributed by atoms with van der Waals surface area (Å²) in [6.45, 7) is 2.94. The topological polar surface area (TPSA) is 34.9 Å². The van der Waals surface area contributed by atoms with Crippen LogP contribution in [0.2, 0.25) is 0 Å². The number of hydrogen-bond donors (Lipinski definition) is 0. The van der Waals surface area contributed by atoms with Crippen LogP contribution < -0.4 is 0 Å². The standard InChI is InChI=1S/C14H19BrN2O/c1-2-5-17-13(12(15)8-16-17)14(18)11-7-9-3-4-10(11)6-9/h8-11H,2-7H2,1H3. The van der Waals surface area contributed by atoms with Crippen LogP contribution in [-0.2, 0) is 6.54 Å². The van der Waals surface area contributed by atoms with Crippen molar-refractivity contribution in [2.24, 2.45) is 17.8 Å². The third-order valence-electron chi connectivity index (χ3n) is 4.54. The Kier molecular flexibility index (Phi) is 3.31. The van der Waals surface area contributed by atoms with E-state index in [-0.39, 0.29) is 5.92 Å². The maximum atomic E-state index is 12.7. The molecular weight excluding hydrogens is 292 g/mol. The molecule has 3 unspecified atom stereocenters. The SMILES string of the molecule is CCCn1ncc(Br)c1C(=O)C1CC2CCC1C2. The van der Waals surface area contributed by atoms with Crippen molar-refractivity contribution in [3.63, 3.8) is 0 Å². The Morgan fingerprint density at radius 3 is 2.94 bits per heavy atom. The van der Waals surface area contributed by atoms with E-state index in [1.807, 2.05) is 4.68 Å². The molecule has 0 saturated heterocycles. The first-order valence-electron chi connectivity index (χ1n) is 6.96. The lowest BCUT2D eigenvalue weighted by Crippen LogP contribution is -2.24. The first-order chi connectivity index (χ1) is 8.70. The molecule has 3 atom stereocenters. The minimum absolute atomic E-state index is 0.257. The highest BCUT2D eigenvalue weighted by atomic mass is 79.9. The van der Waals surface area contributed by atoms with Crippen LogP contribution in [0.25, 0.3) is 0 Å². The maximum Gasteiger partial charge on any atom is 0.185 e. The van der Waals surface area contributed by atoms with E-state index in [1.165, 1.54) is 19.3 Å². The number of carbonyl (C=O) groups excluding carboxylic acids is 1. The second kappa shape index (κ2) is 4.80. The van der Waals surface area contributed by atoms with Gasteiger partial charge in [0.05, 0.1) is 10.7 Å². The van der Waals surface area contributed by atoms with Gasteiger partial charge in [-0.15, -0.1) is 0 Å². The maximum absolute atomic E-state index is 12.7. The van der Waals surface area contributed by atoms with E-state index in [2.05, 4.69) is 28.0 Å². The molecule has 18 heavy (non-hydrogen) atoms. The van der Waals surface area contributed by atoms with E-state index >= 15 is 0 Å². The molecule has 0 radical (unpaired) electrons. The van der Waals surface area contributed by atoms with Gasteiger partial charge in [-0.1, -0.05) is 13.3 Å². The van der Waals surface area contributed by atoms with Crippen molar-refractivity contribution in [3.05, 3.63) is 16.4 Å². The summed E-state index contributed by atoms with van der Waals surface area (Å²) in [6.07, 6.45) is 7.73. The van der Waals surface area contributed by atoms with E-state index in [4.69, 9.17) is 0 Å². The minimum atomic E-state index is 0.257. The van der Waals surface area contributed by atoms with Crippen molar-refractivity contribution in [1.29, 1.82) is 0 Å². The third kappa shape index (κ3) is 1.94. The number of ketones is 1. The summed E-state index contributed by atoms with van der Waals surface area (Å²) in [7, 11) is 0. The summed E-state index contributed by atoms with van der Waals surface area (Å²) in [6, 6.07) is 0. The van der Waals surface area contributed by atoms with Crippen LogP contribution in [0, 0.1) is 17.8 Å². The number of halogens is 1. The first-order valence-corrected chi connectivity index (χ1v) is 7.75. The molecule has 0 aliphatic heterocycles. The van der Waals surface area contributed by atoms with Crippen molar-refractivity contribution < 1.29 is 4.79 Å². The van der Waals surface area contributed by atoms with Crippen molar-refractivity contribution in [2.45, 2.75) is 45.6 Å². The van der Waals surface area contributed by atoms with E-state index in [0.29, 0.717) is 11.7 Å². The monoisotopic (exact) mass is 310 g/mol. The second-order valence-corrected chi connectivity index (χ2v) is 6.56. The van der Waals surface area contributed by atoms with Gasteiger partial charge < -0.3 is 0 Å². The van der Waals surface area contributed by atoms with Crippen LogP contribution in [0.15, 0.2) is 10.7 Å². The summed E-state index contributed by atoms with van der Waals surface area (Å²) in [4.78, 5) is 12.7. The molecule has 3 nitrogen and oxygen atoms in total. The number of carbonyl (C=O) groups is 1. The lowest BCUT2D eigenvalue weighted by Gasteiger charge is -2.20. The highest BCUT2D eigenvalue weighted by Gasteiger charge is 2.44. The molecule has 1 aromatic heterocycles. The zero-order chi connectivity index (χ0) is 12.7. The van der Waals surface area contributed by atoms with Gasteiger partial charge in [0.25, 0.3) is 0 Å². The predicted molar refractivity (Wildman–Crippen MR) is 73.5 cm³/mol. The normalized spacial score (nSPS) is 30.0. The molecule has 0 amide bonds. The number of rotatable bonds is 4. The third-order valence-corrected chi connectivity index (χ3v) is 5.12. The molecule has 0 spiro atoms. The number of hydrogen-bond acceptors (Lipinski definition) is 2. The lowest BCUT2D eigenvalue weighted by atomic mass is 9.84. The Morgan fingerprint density at radius 1 is 1.50 bits per heavy atom. The van der Waals surface area contributed by atoms with Crippen LogP contribution >= 0.6 is 15.9 Å². The van der Waals surface area contributed by atoms with E-state index in [0.717, 1.165) is 35.5 Å². The van der Waals surface area contributed by atoms with Crippen LogP contribution in [0.4, 0.5) is 0 Å². The molecule has 2 aliphatic rings. The Bertz CT molecular complexity index is 468. The Hall–Kier alpha value is -0.640. The van der Waals surface area contributed by atoms with Gasteiger partial charge >= 0.3 is 0 Å². The number of Topliss-reactive ketones (excluding diaryl/α,β-unsaturated/α-hetero) is 1. The van der Waals surface area contributed by atoms with Gasteiger partial charge in [0, 0.05) is 12.5 Å². The Morgan fingerprint density at radius 2 is 2.33 bits per heavy atom. The lowest BCUT2D eigenvalue weighted by molar-refractivity contribution is 0.0862. The summed E-state index contributed by atoms with van der Waals surface area (Å²) >= 11 is 3.48. The van der Waals surface area contributed by atoms with Crippen molar-refractivity contribution >= 4 is 21.7 Å². The first kappa shape index (κ1) is 12.4. The molecule has 0 aromatic carbocycles. The van der Waals surface area contributed by atoms with Crippen LogP contribution in [-0.4, -0.2) is 15.6 Å². The van der Waals surface area contributed by atoms with Gasteiger partial charge in [0.1, 0.15) is 5.69 Å². The molecule has 2 saturated carbocycles. The quantitative estimate of drug-likeness (QED) is 0.795. The molecule has 2 bridgehead atoms. The molecular formula is C14H19BrN2O. The van der Waals surface area contributed by atoms with Gasteiger partial charge in [0.2, 0.25) is 0 Å².